The Hall–Kier alpha value is -2.43. The van der Waals surface area contributed by atoms with E-state index >= 15 is 0 Å². The van der Waals surface area contributed by atoms with E-state index in [0.29, 0.717) is 6.54 Å². The fraction of sp³-hybridized carbons (Fsp3) is 0.154. The largest absolute Gasteiger partial charge is 0.460 e. The molecule has 1 aliphatic rings. The molecule has 0 saturated heterocycles. The summed E-state index contributed by atoms with van der Waals surface area (Å²) < 4.78 is 4.90. The quantitative estimate of drug-likeness (QED) is 0.619. The lowest BCUT2D eigenvalue weighted by Crippen LogP contribution is -2.23. The monoisotopic (exact) mass is 243 g/mol. The zero-order chi connectivity index (χ0) is 12.6. The predicted octanol–water partition coefficient (Wildman–Crippen LogP) is -0.592. The Labute approximate surface area is 104 Å². The van der Waals surface area contributed by atoms with Crippen LogP contribution in [0.1, 0.15) is 0 Å². The third-order valence-electron chi connectivity index (χ3n) is 2.26. The molecule has 0 aliphatic carbocycles. The number of nitrogens with zero attached hydrogens (tertiary/aromatic N) is 2. The summed E-state index contributed by atoms with van der Waals surface area (Å²) in [5.74, 6) is -0.453. The molecule has 0 unspecified atom stereocenters. The molecule has 0 saturated carbocycles. The maximum atomic E-state index is 11.2. The number of rotatable bonds is 0. The predicted molar refractivity (Wildman–Crippen MR) is 70.6 cm³/mol. The average molecular weight is 243 g/mol. The van der Waals surface area contributed by atoms with Gasteiger partial charge in [0.1, 0.15) is 12.8 Å². The van der Waals surface area contributed by atoms with Gasteiger partial charge >= 0.3 is 5.97 Å². The van der Waals surface area contributed by atoms with E-state index in [0.717, 1.165) is 16.7 Å². The summed E-state index contributed by atoms with van der Waals surface area (Å²) in [6.45, 7) is 0.798. The van der Waals surface area contributed by atoms with Gasteiger partial charge in [-0.15, -0.1) is 0 Å². The van der Waals surface area contributed by atoms with Gasteiger partial charge in [0.25, 0.3) is 0 Å². The fourth-order valence-corrected chi connectivity index (χ4v) is 1.41. The van der Waals surface area contributed by atoms with E-state index in [4.69, 9.17) is 4.74 Å². The minimum Gasteiger partial charge on any atom is -0.460 e. The number of carbonyl (C=O) groups excluding carboxylic acids is 1. The van der Waals surface area contributed by atoms with Crippen LogP contribution in [0.25, 0.3) is 12.4 Å². The molecular formula is C13H13N3O2. The summed E-state index contributed by atoms with van der Waals surface area (Å²) in [4.78, 5) is 19.3. The normalized spacial score (nSPS) is 15.7. The Bertz CT molecular complexity index is 590. The number of carbonyl (C=O) groups is 1. The minimum absolute atomic E-state index is 0.282. The van der Waals surface area contributed by atoms with Gasteiger partial charge in [0, 0.05) is 29.4 Å². The molecule has 1 N–H and O–H groups in total. The molecule has 0 spiro atoms. The van der Waals surface area contributed by atoms with Crippen molar-refractivity contribution in [2.45, 2.75) is 0 Å². The molecule has 1 aromatic carbocycles. The van der Waals surface area contributed by atoms with Gasteiger partial charge in [-0.3, -0.25) is 4.99 Å². The fourth-order valence-electron chi connectivity index (χ4n) is 1.41. The van der Waals surface area contributed by atoms with Crippen LogP contribution in [0.2, 0.25) is 0 Å². The molecule has 0 radical (unpaired) electrons. The van der Waals surface area contributed by atoms with Crippen molar-refractivity contribution < 1.29 is 9.53 Å². The van der Waals surface area contributed by atoms with Crippen LogP contribution in [0, 0.1) is 0 Å². The first-order valence-electron chi connectivity index (χ1n) is 5.57. The number of hydrogen-bond acceptors (Lipinski definition) is 5. The van der Waals surface area contributed by atoms with E-state index in [1.54, 1.807) is 18.7 Å². The van der Waals surface area contributed by atoms with Crippen molar-refractivity contribution in [3.05, 3.63) is 34.7 Å². The zero-order valence-electron chi connectivity index (χ0n) is 9.74. The van der Waals surface area contributed by atoms with Gasteiger partial charge in [-0.25, -0.2) is 9.79 Å². The molecule has 1 heterocycles. The second-order valence-electron chi connectivity index (χ2n) is 3.57. The molecule has 92 valence electrons. The van der Waals surface area contributed by atoms with E-state index in [1.807, 2.05) is 24.3 Å². The second kappa shape index (κ2) is 6.34. The van der Waals surface area contributed by atoms with Crippen molar-refractivity contribution >= 4 is 30.9 Å². The maximum absolute atomic E-state index is 11.2. The molecule has 0 amide bonds. The Morgan fingerprint density at radius 3 is 2.61 bits per heavy atom. The van der Waals surface area contributed by atoms with Crippen LogP contribution in [0.4, 0.5) is 0 Å². The molecule has 1 aliphatic heterocycles. The van der Waals surface area contributed by atoms with Crippen LogP contribution in [0.3, 0.4) is 0 Å². The summed E-state index contributed by atoms with van der Waals surface area (Å²) >= 11 is 0. The van der Waals surface area contributed by atoms with Gasteiger partial charge in [-0.1, -0.05) is 24.3 Å². The van der Waals surface area contributed by atoms with Gasteiger partial charge in [-0.2, -0.15) is 0 Å². The Morgan fingerprint density at radius 2 is 1.83 bits per heavy atom. The Kier molecular flexibility index (Phi) is 4.24. The number of aliphatic imine (C=N–C) groups is 2. The summed E-state index contributed by atoms with van der Waals surface area (Å²) in [5.41, 5.74) is 0. The molecule has 1 aromatic rings. The van der Waals surface area contributed by atoms with Crippen molar-refractivity contribution in [3.8, 4) is 0 Å². The lowest BCUT2D eigenvalue weighted by molar-refractivity contribution is -0.134. The van der Waals surface area contributed by atoms with Gasteiger partial charge < -0.3 is 10.1 Å². The van der Waals surface area contributed by atoms with Crippen LogP contribution >= 0.6 is 0 Å². The molecule has 0 atom stereocenters. The molecule has 5 heteroatoms. The number of nitrogens with one attached hydrogen (secondary N) is 1. The number of esters is 1. The average Bonchev–Trinajstić information content (AvgIpc) is 2.40. The molecule has 0 aromatic heterocycles. The number of cyclic esters (lactones) is 1. The van der Waals surface area contributed by atoms with Crippen LogP contribution in [-0.4, -0.2) is 31.7 Å². The SMILES string of the molecule is O=C1C=NC=c2ccccc2=CN=CNCCO1. The summed E-state index contributed by atoms with van der Waals surface area (Å²) in [5, 5.41) is 4.74. The molecular weight excluding hydrogens is 230 g/mol. The topological polar surface area (TPSA) is 63.0 Å². The van der Waals surface area contributed by atoms with Crippen LogP contribution in [-0.2, 0) is 9.53 Å². The standard InChI is InChI=1S/C13H13N3O2/c17-13-9-15-7-11-3-1-2-4-12(11)8-16-10-14-5-6-18-13/h1-4,7-10H,5-6H2,(H,14,16). The number of fused-ring (bicyclic) bond motifs is 1. The van der Waals surface area contributed by atoms with Crippen molar-refractivity contribution in [1.82, 2.24) is 5.32 Å². The highest BCUT2D eigenvalue weighted by atomic mass is 16.5. The van der Waals surface area contributed by atoms with E-state index in [9.17, 15) is 4.79 Å². The van der Waals surface area contributed by atoms with Crippen molar-refractivity contribution in [2.75, 3.05) is 13.2 Å². The Balaban J connectivity index is 2.41. The number of hydrogen-bond donors (Lipinski definition) is 1. The van der Waals surface area contributed by atoms with Gasteiger partial charge in [-0.05, 0) is 0 Å². The summed E-state index contributed by atoms with van der Waals surface area (Å²) in [6.07, 6.45) is 6.07. The van der Waals surface area contributed by atoms with Gasteiger partial charge in [0.15, 0.2) is 0 Å². The lowest BCUT2D eigenvalue weighted by atomic mass is 10.2. The highest BCUT2D eigenvalue weighted by molar-refractivity contribution is 6.23. The summed E-state index contributed by atoms with van der Waals surface area (Å²) in [7, 11) is 0. The molecule has 0 bridgehead atoms. The van der Waals surface area contributed by atoms with Crippen LogP contribution in [0.15, 0.2) is 34.3 Å². The Morgan fingerprint density at radius 1 is 1.11 bits per heavy atom. The van der Waals surface area contributed by atoms with Crippen molar-refractivity contribution in [2.24, 2.45) is 9.98 Å². The van der Waals surface area contributed by atoms with Gasteiger partial charge in [0.2, 0.25) is 0 Å². The zero-order valence-corrected chi connectivity index (χ0v) is 9.74. The summed E-state index contributed by atoms with van der Waals surface area (Å²) in [6, 6.07) is 7.65. The first-order chi connectivity index (χ1) is 8.86. The van der Waals surface area contributed by atoms with Gasteiger partial charge in [0.05, 0.1) is 6.34 Å². The second-order valence-corrected chi connectivity index (χ2v) is 3.57. The van der Waals surface area contributed by atoms with Crippen LogP contribution in [0.5, 0.6) is 0 Å². The first kappa shape index (κ1) is 12.0. The van der Waals surface area contributed by atoms with Crippen LogP contribution < -0.4 is 15.8 Å². The van der Waals surface area contributed by atoms with E-state index in [2.05, 4.69) is 15.3 Å². The highest BCUT2D eigenvalue weighted by Gasteiger charge is 1.95. The molecule has 2 rings (SSSR count). The minimum atomic E-state index is -0.453. The number of benzene rings is 1. The van der Waals surface area contributed by atoms with Crippen molar-refractivity contribution in [3.63, 3.8) is 0 Å². The smallest absolute Gasteiger partial charge is 0.349 e. The highest BCUT2D eigenvalue weighted by Crippen LogP contribution is 1.79. The van der Waals surface area contributed by atoms with E-state index in [-0.39, 0.29) is 6.61 Å². The maximum Gasteiger partial charge on any atom is 0.349 e. The lowest BCUT2D eigenvalue weighted by Gasteiger charge is -2.00. The third-order valence-corrected chi connectivity index (χ3v) is 2.26. The molecule has 0 fully saturated rings. The van der Waals surface area contributed by atoms with Crippen molar-refractivity contribution in [1.29, 1.82) is 0 Å². The third kappa shape index (κ3) is 3.55. The molecule has 18 heavy (non-hydrogen) atoms. The van der Waals surface area contributed by atoms with E-state index < -0.39 is 5.97 Å². The molecule has 5 nitrogen and oxygen atoms in total. The number of ether oxygens (including phenoxy) is 1. The van der Waals surface area contributed by atoms with E-state index in [1.165, 1.54) is 0 Å². The first-order valence-corrected chi connectivity index (χ1v) is 5.57.